The van der Waals surface area contributed by atoms with Gasteiger partial charge in [-0.05, 0) is 36.6 Å². The van der Waals surface area contributed by atoms with E-state index in [9.17, 15) is 9.59 Å². The molecule has 2 N–H and O–H groups in total. The van der Waals surface area contributed by atoms with Crippen molar-refractivity contribution >= 4 is 75.7 Å². The average Bonchev–Trinajstić information content (AvgIpc) is 3.23. The number of carbonyl (C=O) groups excluding carboxylic acids is 2. The van der Waals surface area contributed by atoms with Gasteiger partial charge in [-0.25, -0.2) is 0 Å². The molecule has 3 aromatic rings. The molecule has 0 aliphatic heterocycles. The molecule has 0 saturated carbocycles. The summed E-state index contributed by atoms with van der Waals surface area (Å²) in [4.78, 5) is 25.6. The van der Waals surface area contributed by atoms with Crippen molar-refractivity contribution in [3.8, 4) is 0 Å². The number of carbonyl (C=O) groups is 2. The summed E-state index contributed by atoms with van der Waals surface area (Å²) in [7, 11) is 0. The summed E-state index contributed by atoms with van der Waals surface area (Å²) in [5.41, 5.74) is 0.731. The Kier molecular flexibility index (Phi) is 10.7. The third-order valence-electron chi connectivity index (χ3n) is 5.12. The summed E-state index contributed by atoms with van der Waals surface area (Å²) in [6.07, 6.45) is 2.32. The zero-order valence-electron chi connectivity index (χ0n) is 20.1. The topological polar surface area (TPSA) is 88.9 Å². The van der Waals surface area contributed by atoms with Crippen LogP contribution in [0, 0.1) is 5.92 Å². The quantitative estimate of drug-likeness (QED) is 0.137. The number of allylic oxidation sites excluding steroid dienone is 1. The minimum atomic E-state index is -0.436. The fraction of sp³-hybridized carbons (Fsp3) is 0.280. The fourth-order valence-electron chi connectivity index (χ4n) is 3.48. The van der Waals surface area contributed by atoms with Crippen LogP contribution in [-0.2, 0) is 11.3 Å². The van der Waals surface area contributed by atoms with E-state index < -0.39 is 6.04 Å². The second-order valence-electron chi connectivity index (χ2n) is 8.46. The SMILES string of the molecule is C=CCn1c(SCC(=O)Nc2cc(Cl)c(Cl)cc2Cl)nnc1[C@H](CC(C)C)NC(=O)c1ccccc1Cl. The number of nitrogens with one attached hydrogen (secondary N) is 2. The Hall–Kier alpha value is -2.23. The highest BCUT2D eigenvalue weighted by atomic mass is 35.5. The second-order valence-corrected chi connectivity index (χ2v) is 11.0. The molecule has 0 spiro atoms. The standard InChI is InChI=1S/C25H25Cl4N5O2S/c1-4-9-34-23(21(10-14(2)3)31-24(36)15-7-5-6-8-16(15)26)32-33-25(34)37-13-22(35)30-20-12-18(28)17(27)11-19(20)29/h4-8,11-12,14,21H,1,9-10,13H2,2-3H3,(H,30,35)(H,31,36)/t21-/m0/s1. The molecule has 2 aromatic carbocycles. The van der Waals surface area contributed by atoms with Crippen LogP contribution in [0.15, 0.2) is 54.2 Å². The van der Waals surface area contributed by atoms with Gasteiger partial charge in [0, 0.05) is 6.54 Å². The molecular formula is C25H25Cl4N5O2S. The molecular weight excluding hydrogens is 576 g/mol. The number of benzene rings is 2. The highest BCUT2D eigenvalue weighted by Gasteiger charge is 2.25. The lowest BCUT2D eigenvalue weighted by Gasteiger charge is -2.21. The van der Waals surface area contributed by atoms with Gasteiger partial charge in [0.1, 0.15) is 0 Å². The van der Waals surface area contributed by atoms with E-state index in [1.165, 1.54) is 23.9 Å². The molecule has 0 fully saturated rings. The zero-order valence-corrected chi connectivity index (χ0v) is 23.9. The van der Waals surface area contributed by atoms with Crippen molar-refractivity contribution in [2.75, 3.05) is 11.1 Å². The normalized spacial score (nSPS) is 11.9. The van der Waals surface area contributed by atoms with Crippen LogP contribution in [0.2, 0.25) is 20.1 Å². The fourth-order valence-corrected chi connectivity index (χ4v) is 5.05. The summed E-state index contributed by atoms with van der Waals surface area (Å²) >= 11 is 25.6. The first-order chi connectivity index (χ1) is 17.6. The molecule has 3 rings (SSSR count). The largest absolute Gasteiger partial charge is 0.342 e. The minimum Gasteiger partial charge on any atom is -0.342 e. The molecule has 0 aliphatic rings. The maximum Gasteiger partial charge on any atom is 0.253 e. The van der Waals surface area contributed by atoms with E-state index >= 15 is 0 Å². The number of halogens is 4. The van der Waals surface area contributed by atoms with E-state index in [1.54, 1.807) is 30.3 Å². The van der Waals surface area contributed by atoms with Gasteiger partial charge in [0.2, 0.25) is 5.91 Å². The lowest BCUT2D eigenvalue weighted by molar-refractivity contribution is -0.113. The van der Waals surface area contributed by atoms with Crippen LogP contribution in [-0.4, -0.2) is 32.3 Å². The molecule has 1 heterocycles. The second kappa shape index (κ2) is 13.5. The van der Waals surface area contributed by atoms with Gasteiger partial charge in [0.15, 0.2) is 11.0 Å². The van der Waals surface area contributed by atoms with Gasteiger partial charge in [-0.2, -0.15) is 0 Å². The molecule has 12 heteroatoms. The average molecular weight is 601 g/mol. The predicted octanol–water partition coefficient (Wildman–Crippen LogP) is 7.33. The first-order valence-electron chi connectivity index (χ1n) is 11.3. The van der Waals surface area contributed by atoms with Crippen LogP contribution in [0.4, 0.5) is 5.69 Å². The Bertz CT molecular complexity index is 1300. The van der Waals surface area contributed by atoms with Crippen LogP contribution in [0.25, 0.3) is 0 Å². The minimum absolute atomic E-state index is 0.0344. The van der Waals surface area contributed by atoms with Crippen LogP contribution in [0.1, 0.15) is 42.5 Å². The third-order valence-corrected chi connectivity index (χ3v) is 7.45. The molecule has 0 radical (unpaired) electrons. The lowest BCUT2D eigenvalue weighted by Crippen LogP contribution is -2.32. The summed E-state index contributed by atoms with van der Waals surface area (Å²) < 4.78 is 1.83. The summed E-state index contributed by atoms with van der Waals surface area (Å²) in [6, 6.07) is 9.37. The van der Waals surface area contributed by atoms with E-state index in [4.69, 9.17) is 46.4 Å². The summed E-state index contributed by atoms with van der Waals surface area (Å²) in [5, 5.41) is 16.1. The van der Waals surface area contributed by atoms with Gasteiger partial charge in [-0.1, -0.05) is 90.2 Å². The van der Waals surface area contributed by atoms with Crippen molar-refractivity contribution in [1.29, 1.82) is 0 Å². The molecule has 0 bridgehead atoms. The van der Waals surface area contributed by atoms with E-state index in [2.05, 4.69) is 41.3 Å². The number of amides is 2. The van der Waals surface area contributed by atoms with Gasteiger partial charge in [-0.3, -0.25) is 9.59 Å². The molecule has 0 aliphatic carbocycles. The summed E-state index contributed by atoms with van der Waals surface area (Å²) in [6.45, 7) is 8.32. The number of anilines is 1. The molecule has 2 amide bonds. The van der Waals surface area contributed by atoms with Gasteiger partial charge < -0.3 is 15.2 Å². The first kappa shape index (κ1) is 29.3. The van der Waals surface area contributed by atoms with Crippen molar-refractivity contribution < 1.29 is 9.59 Å². The van der Waals surface area contributed by atoms with Gasteiger partial charge in [-0.15, -0.1) is 16.8 Å². The Morgan fingerprint density at radius 2 is 1.76 bits per heavy atom. The smallest absolute Gasteiger partial charge is 0.253 e. The van der Waals surface area contributed by atoms with E-state index in [1.807, 2.05) is 4.57 Å². The Balaban J connectivity index is 1.79. The number of hydrogen-bond donors (Lipinski definition) is 2. The third kappa shape index (κ3) is 7.88. The highest BCUT2D eigenvalue weighted by Crippen LogP contribution is 2.32. The summed E-state index contributed by atoms with van der Waals surface area (Å²) in [5.74, 6) is 0.224. The molecule has 7 nitrogen and oxygen atoms in total. The Morgan fingerprint density at radius 1 is 1.05 bits per heavy atom. The number of nitrogens with zero attached hydrogens (tertiary/aromatic N) is 3. The van der Waals surface area contributed by atoms with Crippen molar-refractivity contribution in [3.63, 3.8) is 0 Å². The first-order valence-corrected chi connectivity index (χ1v) is 13.8. The lowest BCUT2D eigenvalue weighted by atomic mass is 10.0. The molecule has 1 aromatic heterocycles. The predicted molar refractivity (Wildman–Crippen MR) is 152 cm³/mol. The highest BCUT2D eigenvalue weighted by molar-refractivity contribution is 7.99. The van der Waals surface area contributed by atoms with Crippen LogP contribution >= 0.6 is 58.2 Å². The zero-order chi connectivity index (χ0) is 27.1. The molecule has 1 atom stereocenters. The van der Waals surface area contributed by atoms with Crippen molar-refractivity contribution in [2.24, 2.45) is 5.92 Å². The number of aromatic nitrogens is 3. The van der Waals surface area contributed by atoms with Crippen molar-refractivity contribution in [1.82, 2.24) is 20.1 Å². The van der Waals surface area contributed by atoms with Crippen molar-refractivity contribution in [3.05, 3.63) is 80.5 Å². The van der Waals surface area contributed by atoms with Gasteiger partial charge in [0.25, 0.3) is 5.91 Å². The van der Waals surface area contributed by atoms with Crippen molar-refractivity contribution in [2.45, 2.75) is 38.0 Å². The number of thioether (sulfide) groups is 1. The van der Waals surface area contributed by atoms with E-state index in [0.29, 0.717) is 45.2 Å². The molecule has 196 valence electrons. The van der Waals surface area contributed by atoms with Crippen LogP contribution in [0.5, 0.6) is 0 Å². The van der Waals surface area contributed by atoms with Gasteiger partial charge in [0.05, 0.1) is 43.1 Å². The molecule has 0 saturated heterocycles. The number of rotatable bonds is 11. The van der Waals surface area contributed by atoms with E-state index in [-0.39, 0.29) is 33.5 Å². The number of hydrogen-bond acceptors (Lipinski definition) is 5. The van der Waals surface area contributed by atoms with Crippen LogP contribution in [0.3, 0.4) is 0 Å². The van der Waals surface area contributed by atoms with Crippen LogP contribution < -0.4 is 10.6 Å². The van der Waals surface area contributed by atoms with Gasteiger partial charge >= 0.3 is 0 Å². The monoisotopic (exact) mass is 599 g/mol. The maximum absolute atomic E-state index is 13.0. The molecule has 0 unspecified atom stereocenters. The van der Waals surface area contributed by atoms with E-state index in [0.717, 1.165) is 0 Å². The Morgan fingerprint density at radius 3 is 2.43 bits per heavy atom. The molecule has 37 heavy (non-hydrogen) atoms. The Labute approximate surface area is 239 Å². The maximum atomic E-state index is 13.0.